The highest BCUT2D eigenvalue weighted by molar-refractivity contribution is 9.10. The quantitative estimate of drug-likeness (QED) is 0.284. The Morgan fingerprint density at radius 1 is 1.13 bits per heavy atom. The van der Waals surface area contributed by atoms with E-state index in [1.54, 1.807) is 12.3 Å². The Kier molecular flexibility index (Phi) is 6.01. The third kappa shape index (κ3) is 4.18. The minimum absolute atomic E-state index is 0.200. The van der Waals surface area contributed by atoms with Crippen LogP contribution in [0.1, 0.15) is 30.5 Å². The van der Waals surface area contributed by atoms with Gasteiger partial charge in [-0.25, -0.2) is 4.98 Å². The molecule has 152 valence electrons. The van der Waals surface area contributed by atoms with Gasteiger partial charge in [-0.1, -0.05) is 44.8 Å². The molecule has 2 aromatic carbocycles. The van der Waals surface area contributed by atoms with Crippen LogP contribution in [0.4, 0.5) is 0 Å². The maximum Gasteiger partial charge on any atom is 0.282 e. The topological polar surface area (TPSA) is 60.4 Å². The van der Waals surface area contributed by atoms with Crippen molar-refractivity contribution in [2.75, 3.05) is 0 Å². The molecule has 4 rings (SSSR count). The second-order valence-corrected chi connectivity index (χ2v) is 8.76. The molecule has 30 heavy (non-hydrogen) atoms. The molecule has 0 aliphatic carbocycles. The van der Waals surface area contributed by atoms with Crippen molar-refractivity contribution in [3.05, 3.63) is 85.0 Å². The summed E-state index contributed by atoms with van der Waals surface area (Å²) in [6, 6.07) is 15.3. The lowest BCUT2D eigenvalue weighted by Crippen LogP contribution is -2.22. The molecule has 0 N–H and O–H groups in total. The van der Waals surface area contributed by atoms with Gasteiger partial charge in [-0.15, -0.1) is 0 Å². The van der Waals surface area contributed by atoms with Crippen LogP contribution < -0.4 is 5.56 Å². The number of hydrogen-bond donors (Lipinski definition) is 0. The summed E-state index contributed by atoms with van der Waals surface area (Å²) in [6.07, 6.45) is 3.06. The van der Waals surface area contributed by atoms with Gasteiger partial charge in [-0.3, -0.25) is 4.79 Å². The third-order valence-corrected chi connectivity index (χ3v) is 5.82. The standard InChI is InChI=1S/C23H19Br2N3O2/c1-3-4-22-27-20-9-6-15(24)12-18(20)23(29)28(22)26-13-16-7-10-21(30-16)17-8-5-14(2)11-19(17)25/h5-13H,3-4H2,1-2H3. The maximum atomic E-state index is 13.1. The summed E-state index contributed by atoms with van der Waals surface area (Å²) in [7, 11) is 0. The number of hydrogen-bond acceptors (Lipinski definition) is 4. The number of furan rings is 1. The third-order valence-electron chi connectivity index (χ3n) is 4.67. The van der Waals surface area contributed by atoms with Gasteiger partial charge in [-0.05, 0) is 61.4 Å². The van der Waals surface area contributed by atoms with E-state index >= 15 is 0 Å². The van der Waals surface area contributed by atoms with Gasteiger partial charge < -0.3 is 4.42 Å². The molecular formula is C23H19Br2N3O2. The zero-order valence-electron chi connectivity index (χ0n) is 16.5. The van der Waals surface area contributed by atoms with Crippen LogP contribution in [-0.2, 0) is 6.42 Å². The minimum Gasteiger partial charge on any atom is -0.455 e. The molecule has 2 aromatic heterocycles. The average molecular weight is 529 g/mol. The van der Waals surface area contributed by atoms with E-state index in [1.807, 2.05) is 56.3 Å². The van der Waals surface area contributed by atoms with E-state index in [0.717, 1.165) is 32.3 Å². The molecule has 0 fully saturated rings. The van der Waals surface area contributed by atoms with Gasteiger partial charge in [0.05, 0.1) is 17.1 Å². The highest BCUT2D eigenvalue weighted by Crippen LogP contribution is 2.30. The van der Waals surface area contributed by atoms with E-state index in [1.165, 1.54) is 4.68 Å². The summed E-state index contributed by atoms with van der Waals surface area (Å²) in [5.41, 5.74) is 2.59. The lowest BCUT2D eigenvalue weighted by Gasteiger charge is -2.08. The van der Waals surface area contributed by atoms with Crippen molar-refractivity contribution in [3.63, 3.8) is 0 Å². The highest BCUT2D eigenvalue weighted by atomic mass is 79.9. The first-order valence-corrected chi connectivity index (χ1v) is 11.2. The molecule has 0 spiro atoms. The van der Waals surface area contributed by atoms with E-state index in [0.29, 0.717) is 28.9 Å². The minimum atomic E-state index is -0.200. The number of aryl methyl sites for hydroxylation is 2. The van der Waals surface area contributed by atoms with Crippen molar-refractivity contribution in [3.8, 4) is 11.3 Å². The van der Waals surface area contributed by atoms with Gasteiger partial charge in [0.1, 0.15) is 17.3 Å². The van der Waals surface area contributed by atoms with E-state index in [4.69, 9.17) is 4.42 Å². The molecule has 0 saturated heterocycles. The van der Waals surface area contributed by atoms with E-state index in [2.05, 4.69) is 41.9 Å². The molecule has 0 bridgehead atoms. The zero-order chi connectivity index (χ0) is 21.3. The Bertz CT molecular complexity index is 1320. The monoisotopic (exact) mass is 527 g/mol. The van der Waals surface area contributed by atoms with Crippen LogP contribution in [0, 0.1) is 6.92 Å². The second-order valence-electron chi connectivity index (χ2n) is 6.99. The number of fused-ring (bicyclic) bond motifs is 1. The van der Waals surface area contributed by atoms with Gasteiger partial charge in [0.15, 0.2) is 0 Å². The summed E-state index contributed by atoms with van der Waals surface area (Å²) in [5.74, 6) is 1.91. The van der Waals surface area contributed by atoms with Crippen molar-refractivity contribution < 1.29 is 4.42 Å². The Labute approximate surface area is 190 Å². The van der Waals surface area contributed by atoms with Crippen molar-refractivity contribution in [1.82, 2.24) is 9.66 Å². The second kappa shape index (κ2) is 8.70. The first-order valence-electron chi connectivity index (χ1n) is 9.58. The van der Waals surface area contributed by atoms with Crippen LogP contribution in [-0.4, -0.2) is 15.9 Å². The highest BCUT2D eigenvalue weighted by Gasteiger charge is 2.11. The maximum absolute atomic E-state index is 13.1. The fourth-order valence-corrected chi connectivity index (χ4v) is 4.25. The lowest BCUT2D eigenvalue weighted by atomic mass is 10.1. The van der Waals surface area contributed by atoms with Gasteiger partial charge in [0.25, 0.3) is 5.56 Å². The number of nitrogens with zero attached hydrogens (tertiary/aromatic N) is 3. The predicted octanol–water partition coefficient (Wildman–Crippen LogP) is 6.32. The fraction of sp³-hybridized carbons (Fsp3) is 0.174. The Morgan fingerprint density at radius 2 is 1.97 bits per heavy atom. The van der Waals surface area contributed by atoms with Crippen LogP contribution in [0.5, 0.6) is 0 Å². The van der Waals surface area contributed by atoms with Gasteiger partial charge >= 0.3 is 0 Å². The molecule has 2 heterocycles. The smallest absolute Gasteiger partial charge is 0.282 e. The normalized spacial score (nSPS) is 11.6. The van der Waals surface area contributed by atoms with Crippen molar-refractivity contribution in [2.45, 2.75) is 26.7 Å². The lowest BCUT2D eigenvalue weighted by molar-refractivity contribution is 0.573. The molecule has 0 radical (unpaired) electrons. The van der Waals surface area contributed by atoms with Crippen LogP contribution in [0.15, 0.2) is 71.8 Å². The molecule has 0 saturated carbocycles. The molecular weight excluding hydrogens is 510 g/mol. The summed E-state index contributed by atoms with van der Waals surface area (Å²) in [4.78, 5) is 17.7. The summed E-state index contributed by atoms with van der Waals surface area (Å²) in [6.45, 7) is 4.08. The molecule has 0 aliphatic heterocycles. The average Bonchev–Trinajstić information content (AvgIpc) is 3.17. The Morgan fingerprint density at radius 3 is 2.73 bits per heavy atom. The number of benzene rings is 2. The number of halogens is 2. The van der Waals surface area contributed by atoms with Crippen molar-refractivity contribution in [1.29, 1.82) is 0 Å². The van der Waals surface area contributed by atoms with E-state index in [9.17, 15) is 4.79 Å². The number of rotatable bonds is 5. The molecule has 0 atom stereocenters. The van der Waals surface area contributed by atoms with Gasteiger partial charge in [-0.2, -0.15) is 9.78 Å². The first-order chi connectivity index (χ1) is 14.5. The van der Waals surface area contributed by atoms with Gasteiger partial charge in [0.2, 0.25) is 0 Å². The fourth-order valence-electron chi connectivity index (χ4n) is 3.20. The molecule has 0 amide bonds. The van der Waals surface area contributed by atoms with Crippen LogP contribution in [0.25, 0.3) is 22.2 Å². The Hall–Kier alpha value is -2.51. The van der Waals surface area contributed by atoms with E-state index < -0.39 is 0 Å². The van der Waals surface area contributed by atoms with Crippen molar-refractivity contribution in [2.24, 2.45) is 5.10 Å². The summed E-state index contributed by atoms with van der Waals surface area (Å²) >= 11 is 7.00. The zero-order valence-corrected chi connectivity index (χ0v) is 19.7. The Balaban J connectivity index is 1.73. The molecule has 4 aromatic rings. The van der Waals surface area contributed by atoms with Gasteiger partial charge in [0, 0.05) is 20.9 Å². The first kappa shape index (κ1) is 20.8. The molecule has 0 unspecified atom stereocenters. The SMILES string of the molecule is CCCc1nc2ccc(Br)cc2c(=O)n1N=Cc1ccc(-c2ccc(C)cc2Br)o1. The number of aromatic nitrogens is 2. The largest absolute Gasteiger partial charge is 0.455 e. The van der Waals surface area contributed by atoms with E-state index in [-0.39, 0.29) is 5.56 Å². The molecule has 5 nitrogen and oxygen atoms in total. The van der Waals surface area contributed by atoms with Crippen LogP contribution >= 0.6 is 31.9 Å². The van der Waals surface area contributed by atoms with Crippen LogP contribution in [0.3, 0.4) is 0 Å². The summed E-state index contributed by atoms with van der Waals surface area (Å²) < 4.78 is 9.09. The van der Waals surface area contributed by atoms with Crippen LogP contribution in [0.2, 0.25) is 0 Å². The predicted molar refractivity (Wildman–Crippen MR) is 127 cm³/mol. The van der Waals surface area contributed by atoms with Crippen molar-refractivity contribution >= 4 is 49.0 Å². The molecule has 7 heteroatoms. The molecule has 0 aliphatic rings. The summed E-state index contributed by atoms with van der Waals surface area (Å²) in [5, 5.41) is 4.93.